The Morgan fingerprint density at radius 1 is 1.09 bits per heavy atom. The Bertz CT molecular complexity index is 1120. The fourth-order valence-corrected chi connectivity index (χ4v) is 3.26. The van der Waals surface area contributed by atoms with Gasteiger partial charge in [0.2, 0.25) is 0 Å². The first-order chi connectivity index (χ1) is 15.5. The molecule has 0 saturated carbocycles. The third-order valence-corrected chi connectivity index (χ3v) is 4.88. The minimum Gasteiger partial charge on any atom is -0.382 e. The molecule has 3 rings (SSSR count). The van der Waals surface area contributed by atoms with Crippen molar-refractivity contribution in [3.05, 3.63) is 77.0 Å². The van der Waals surface area contributed by atoms with Gasteiger partial charge in [-0.25, -0.2) is 13.5 Å². The highest BCUT2D eigenvalue weighted by Gasteiger charge is 2.16. The lowest BCUT2D eigenvalue weighted by Gasteiger charge is -2.11. The Kier molecular flexibility index (Phi) is 10.1. The van der Waals surface area contributed by atoms with Crippen LogP contribution in [0.25, 0.3) is 5.69 Å². The first kappa shape index (κ1) is 26.1. The van der Waals surface area contributed by atoms with E-state index in [-0.39, 0.29) is 41.4 Å². The molecule has 0 spiro atoms. The number of anilines is 1. The summed E-state index contributed by atoms with van der Waals surface area (Å²) < 4.78 is 27.9. The maximum atomic E-state index is 13.3. The third kappa shape index (κ3) is 7.15. The van der Waals surface area contributed by atoms with E-state index in [2.05, 4.69) is 26.8 Å². The van der Waals surface area contributed by atoms with E-state index in [1.165, 1.54) is 28.9 Å². The number of benzene rings is 2. The highest BCUT2D eigenvalue weighted by atomic mass is 127. The van der Waals surface area contributed by atoms with Crippen LogP contribution in [0.2, 0.25) is 0 Å². The summed E-state index contributed by atoms with van der Waals surface area (Å²) in [7, 11) is 1.68. The second kappa shape index (κ2) is 12.7. The summed E-state index contributed by atoms with van der Waals surface area (Å²) in [4.78, 5) is 4.18. The second-order valence-electron chi connectivity index (χ2n) is 7.12. The minimum atomic E-state index is -0.357. The number of rotatable bonds is 8. The van der Waals surface area contributed by atoms with Gasteiger partial charge in [0.25, 0.3) is 0 Å². The standard InChI is InChI=1S/C23H25F2N7.HI/c1-28-23(30-13-11-16-4-2-5-18(25)14-16)29-12-3-6-21-20(15-26)22(27)32(31-21)19-9-7-17(24)8-10-19;/h2,4-5,7-10,14H,3,6,11-13,27H2,1H3,(H2,28,29,30);1H. The zero-order valence-electron chi connectivity index (χ0n) is 18.2. The molecule has 0 aliphatic heterocycles. The molecule has 3 aromatic rings. The summed E-state index contributed by atoms with van der Waals surface area (Å²) in [5.74, 6) is 0.267. The molecule has 0 aliphatic carbocycles. The number of nitrogens with zero attached hydrogens (tertiary/aromatic N) is 4. The SMILES string of the molecule is CN=C(NCCCc1nn(-c2ccc(F)cc2)c(N)c1C#N)NCCc1cccc(F)c1.I. The first-order valence-corrected chi connectivity index (χ1v) is 10.2. The van der Waals surface area contributed by atoms with Crippen molar-refractivity contribution in [2.75, 3.05) is 25.9 Å². The molecule has 10 heteroatoms. The number of aliphatic imine (C=N–C) groups is 1. The van der Waals surface area contributed by atoms with E-state index in [1.807, 2.05) is 6.07 Å². The molecular formula is C23H26F2IN7. The molecule has 1 aromatic heterocycles. The van der Waals surface area contributed by atoms with Gasteiger partial charge in [0.15, 0.2) is 5.96 Å². The van der Waals surface area contributed by atoms with Gasteiger partial charge in [0, 0.05) is 20.1 Å². The highest BCUT2D eigenvalue weighted by Crippen LogP contribution is 2.21. The quantitative estimate of drug-likeness (QED) is 0.168. The number of guanidine groups is 1. The fourth-order valence-electron chi connectivity index (χ4n) is 3.26. The topological polar surface area (TPSA) is 104 Å². The van der Waals surface area contributed by atoms with Crippen LogP contribution in [0.1, 0.15) is 23.2 Å². The molecule has 0 amide bonds. The van der Waals surface area contributed by atoms with Crippen LogP contribution in [-0.4, -0.2) is 35.9 Å². The summed E-state index contributed by atoms with van der Waals surface area (Å²) in [6.45, 7) is 1.22. The summed E-state index contributed by atoms with van der Waals surface area (Å²) in [6, 6.07) is 14.4. The van der Waals surface area contributed by atoms with Crippen LogP contribution in [-0.2, 0) is 12.8 Å². The van der Waals surface area contributed by atoms with Gasteiger partial charge in [0.1, 0.15) is 29.1 Å². The smallest absolute Gasteiger partial charge is 0.190 e. The Morgan fingerprint density at radius 2 is 1.82 bits per heavy atom. The summed E-state index contributed by atoms with van der Waals surface area (Å²) in [5, 5.41) is 20.3. The largest absolute Gasteiger partial charge is 0.382 e. The Morgan fingerprint density at radius 3 is 2.48 bits per heavy atom. The monoisotopic (exact) mass is 565 g/mol. The third-order valence-electron chi connectivity index (χ3n) is 4.88. The van der Waals surface area contributed by atoms with Crippen molar-refractivity contribution in [2.45, 2.75) is 19.3 Å². The van der Waals surface area contributed by atoms with E-state index in [4.69, 9.17) is 5.73 Å². The van der Waals surface area contributed by atoms with Crippen LogP contribution in [0.3, 0.4) is 0 Å². The number of nitrogens with one attached hydrogen (secondary N) is 2. The molecule has 0 saturated heterocycles. The van der Waals surface area contributed by atoms with Gasteiger partial charge >= 0.3 is 0 Å². The van der Waals surface area contributed by atoms with Gasteiger partial charge < -0.3 is 16.4 Å². The van der Waals surface area contributed by atoms with Crippen LogP contribution in [0.15, 0.2) is 53.5 Å². The zero-order valence-corrected chi connectivity index (χ0v) is 20.5. The molecule has 2 aromatic carbocycles. The van der Waals surface area contributed by atoms with Crippen LogP contribution >= 0.6 is 24.0 Å². The number of nitrogens with two attached hydrogens (primary N) is 1. The van der Waals surface area contributed by atoms with E-state index in [0.717, 1.165) is 5.56 Å². The van der Waals surface area contributed by atoms with E-state index in [1.54, 1.807) is 25.2 Å². The lowest BCUT2D eigenvalue weighted by molar-refractivity contribution is 0.624. The number of nitriles is 1. The number of hydrogen-bond donors (Lipinski definition) is 3. The van der Waals surface area contributed by atoms with Gasteiger partial charge in [-0.05, 0) is 61.2 Å². The molecule has 174 valence electrons. The number of aromatic nitrogens is 2. The summed E-state index contributed by atoms with van der Waals surface area (Å²) in [6.07, 6.45) is 1.90. The lowest BCUT2D eigenvalue weighted by atomic mass is 10.1. The summed E-state index contributed by atoms with van der Waals surface area (Å²) >= 11 is 0. The Balaban J connectivity index is 0.00000385. The minimum absolute atomic E-state index is 0. The molecular weight excluding hydrogens is 539 g/mol. The Labute approximate surface area is 208 Å². The molecule has 0 unspecified atom stereocenters. The van der Waals surface area contributed by atoms with Crippen molar-refractivity contribution in [1.29, 1.82) is 5.26 Å². The predicted octanol–water partition coefficient (Wildman–Crippen LogP) is 3.56. The number of nitrogen functional groups attached to an aromatic ring is 1. The van der Waals surface area contributed by atoms with Crippen LogP contribution in [0, 0.1) is 23.0 Å². The highest BCUT2D eigenvalue weighted by molar-refractivity contribution is 14.0. The molecule has 7 nitrogen and oxygen atoms in total. The Hall–Kier alpha value is -3.20. The van der Waals surface area contributed by atoms with Crippen LogP contribution < -0.4 is 16.4 Å². The van der Waals surface area contributed by atoms with Gasteiger partial charge in [0.05, 0.1) is 11.4 Å². The van der Waals surface area contributed by atoms with Crippen LogP contribution in [0.5, 0.6) is 0 Å². The molecule has 1 heterocycles. The number of halogens is 3. The lowest BCUT2D eigenvalue weighted by Crippen LogP contribution is -2.38. The molecule has 0 atom stereocenters. The zero-order chi connectivity index (χ0) is 22.9. The fraction of sp³-hybridized carbons (Fsp3) is 0.261. The first-order valence-electron chi connectivity index (χ1n) is 10.2. The van der Waals surface area contributed by atoms with Gasteiger partial charge in [-0.15, -0.1) is 24.0 Å². The van der Waals surface area contributed by atoms with E-state index in [0.29, 0.717) is 55.3 Å². The van der Waals surface area contributed by atoms with E-state index < -0.39 is 0 Å². The molecule has 0 fully saturated rings. The van der Waals surface area contributed by atoms with Gasteiger partial charge in [-0.2, -0.15) is 10.4 Å². The number of aryl methyl sites for hydroxylation is 1. The van der Waals surface area contributed by atoms with Crippen molar-refractivity contribution in [3.8, 4) is 11.8 Å². The number of hydrogen-bond acceptors (Lipinski definition) is 4. The van der Waals surface area contributed by atoms with E-state index >= 15 is 0 Å². The van der Waals surface area contributed by atoms with Crippen molar-refractivity contribution >= 4 is 35.8 Å². The van der Waals surface area contributed by atoms with Crippen molar-refractivity contribution in [3.63, 3.8) is 0 Å². The predicted molar refractivity (Wildman–Crippen MR) is 136 cm³/mol. The van der Waals surface area contributed by atoms with Crippen molar-refractivity contribution in [2.24, 2.45) is 4.99 Å². The summed E-state index contributed by atoms with van der Waals surface area (Å²) in [5.41, 5.74) is 8.50. The second-order valence-corrected chi connectivity index (χ2v) is 7.12. The van der Waals surface area contributed by atoms with Gasteiger partial charge in [-0.1, -0.05) is 12.1 Å². The average Bonchev–Trinajstić information content (AvgIpc) is 3.11. The molecule has 0 aliphatic rings. The van der Waals surface area contributed by atoms with Gasteiger partial charge in [-0.3, -0.25) is 4.99 Å². The molecule has 0 bridgehead atoms. The molecule has 4 N–H and O–H groups in total. The van der Waals surface area contributed by atoms with E-state index in [9.17, 15) is 14.0 Å². The maximum Gasteiger partial charge on any atom is 0.190 e. The molecule has 0 radical (unpaired) electrons. The van der Waals surface area contributed by atoms with Crippen LogP contribution in [0.4, 0.5) is 14.6 Å². The molecule has 33 heavy (non-hydrogen) atoms. The normalized spacial score (nSPS) is 10.9. The van der Waals surface area contributed by atoms with Crippen molar-refractivity contribution < 1.29 is 8.78 Å². The van der Waals surface area contributed by atoms with Crippen molar-refractivity contribution in [1.82, 2.24) is 20.4 Å². The maximum absolute atomic E-state index is 13.3. The average molecular weight is 565 g/mol.